The average Bonchev–Trinajstić information content (AvgIpc) is 2.98. The van der Waals surface area contributed by atoms with Crippen LogP contribution in [-0.2, 0) is 0 Å². The second kappa shape index (κ2) is 5.23. The summed E-state index contributed by atoms with van der Waals surface area (Å²) in [5.74, 6) is -0.142. The van der Waals surface area contributed by atoms with Crippen molar-refractivity contribution in [1.29, 1.82) is 0 Å². The van der Waals surface area contributed by atoms with Crippen molar-refractivity contribution in [2.45, 2.75) is 19.9 Å². The van der Waals surface area contributed by atoms with Crippen molar-refractivity contribution in [3.63, 3.8) is 0 Å². The summed E-state index contributed by atoms with van der Waals surface area (Å²) < 4.78 is 4.99. The molecule has 1 unspecified atom stereocenters. The fourth-order valence-electron chi connectivity index (χ4n) is 1.25. The molecule has 3 N–H and O–H groups in total. The maximum atomic E-state index is 11.5. The molecule has 0 saturated heterocycles. The zero-order valence-electron chi connectivity index (χ0n) is 10.0. The Balaban J connectivity index is 2.21. The lowest BCUT2D eigenvalue weighted by molar-refractivity contribution is 0.0942. The summed E-state index contributed by atoms with van der Waals surface area (Å²) in [6.45, 7) is 4.17. The molecule has 18 heavy (non-hydrogen) atoms. The zero-order chi connectivity index (χ0) is 13.1. The number of thiazole rings is 1. The summed E-state index contributed by atoms with van der Waals surface area (Å²) in [6.07, 6.45) is 0. The van der Waals surface area contributed by atoms with Gasteiger partial charge in [0.2, 0.25) is 0 Å². The van der Waals surface area contributed by atoms with E-state index in [1.165, 1.54) is 11.3 Å². The van der Waals surface area contributed by atoms with Crippen molar-refractivity contribution >= 4 is 17.2 Å². The van der Waals surface area contributed by atoms with Crippen LogP contribution >= 0.6 is 11.3 Å². The van der Waals surface area contributed by atoms with Crippen LogP contribution in [-0.4, -0.2) is 27.6 Å². The largest absolute Gasteiger partial charge is 0.349 e. The predicted molar refractivity (Wildman–Crippen MR) is 66.0 cm³/mol. The quantitative estimate of drug-likeness (QED) is 0.854. The van der Waals surface area contributed by atoms with Gasteiger partial charge >= 0.3 is 0 Å². The molecule has 1 amide bonds. The number of rotatable bonds is 4. The Kier molecular flexibility index (Phi) is 3.68. The van der Waals surface area contributed by atoms with Crippen molar-refractivity contribution in [1.82, 2.24) is 20.4 Å². The van der Waals surface area contributed by atoms with E-state index in [9.17, 15) is 4.79 Å². The first-order valence-electron chi connectivity index (χ1n) is 5.45. The van der Waals surface area contributed by atoms with E-state index in [1.54, 1.807) is 5.38 Å². The topological polar surface area (TPSA) is 107 Å². The summed E-state index contributed by atoms with van der Waals surface area (Å²) in [7, 11) is 0. The molecule has 0 fully saturated rings. The number of carbonyl (C=O) groups is 1. The monoisotopic (exact) mass is 267 g/mol. The molecule has 2 rings (SSSR count). The molecule has 1 atom stereocenters. The molecule has 2 aromatic rings. The summed E-state index contributed by atoms with van der Waals surface area (Å²) in [5, 5.41) is 8.74. The smallest absolute Gasteiger partial charge is 0.292 e. The molecule has 0 aliphatic heterocycles. The molecule has 0 bridgehead atoms. The minimum atomic E-state index is -0.366. The summed E-state index contributed by atoms with van der Waals surface area (Å²) >= 11 is 1.42. The maximum Gasteiger partial charge on any atom is 0.292 e. The number of aromatic nitrogens is 3. The molecule has 0 aromatic carbocycles. The highest BCUT2D eigenvalue weighted by molar-refractivity contribution is 7.10. The van der Waals surface area contributed by atoms with E-state index in [-0.39, 0.29) is 23.7 Å². The number of nitrogens with one attached hydrogen (secondary N) is 1. The van der Waals surface area contributed by atoms with E-state index in [4.69, 9.17) is 10.3 Å². The van der Waals surface area contributed by atoms with Crippen LogP contribution in [0, 0.1) is 0 Å². The fraction of sp³-hybridized carbons (Fsp3) is 0.400. The van der Waals surface area contributed by atoms with Gasteiger partial charge in [-0.25, -0.2) is 4.98 Å². The molecule has 8 heteroatoms. The van der Waals surface area contributed by atoms with Gasteiger partial charge in [0.1, 0.15) is 10.7 Å². The highest BCUT2D eigenvalue weighted by Crippen LogP contribution is 2.23. The van der Waals surface area contributed by atoms with Crippen LogP contribution < -0.4 is 11.1 Å². The van der Waals surface area contributed by atoms with Crippen LogP contribution in [0.25, 0.3) is 11.6 Å². The van der Waals surface area contributed by atoms with E-state index in [2.05, 4.69) is 20.4 Å². The third-order valence-corrected chi connectivity index (χ3v) is 3.14. The van der Waals surface area contributed by atoms with Gasteiger partial charge in [-0.3, -0.25) is 4.79 Å². The molecule has 0 aliphatic rings. The zero-order valence-corrected chi connectivity index (χ0v) is 10.8. The Morgan fingerprint density at radius 3 is 3.00 bits per heavy atom. The minimum absolute atomic E-state index is 0.00203. The molecular formula is C10H13N5O2S. The molecule has 0 spiro atoms. The van der Waals surface area contributed by atoms with Crippen LogP contribution in [0.3, 0.4) is 0 Å². The normalized spacial score (nSPS) is 12.4. The fourth-order valence-corrected chi connectivity index (χ4v) is 2.01. The third-order valence-electron chi connectivity index (χ3n) is 2.10. The molecule has 96 valence electrons. The second-order valence-electron chi connectivity index (χ2n) is 3.64. The van der Waals surface area contributed by atoms with E-state index >= 15 is 0 Å². The Labute approximate surface area is 107 Å². The number of nitrogens with zero attached hydrogens (tertiary/aromatic N) is 3. The number of carbonyl (C=O) groups excluding carboxylic acids is 1. The van der Waals surface area contributed by atoms with Crippen LogP contribution in [0.2, 0.25) is 0 Å². The first-order chi connectivity index (χ1) is 8.61. The van der Waals surface area contributed by atoms with Crippen LogP contribution in [0.15, 0.2) is 9.90 Å². The third kappa shape index (κ3) is 2.54. The van der Waals surface area contributed by atoms with Crippen molar-refractivity contribution in [3.05, 3.63) is 16.2 Å². The number of hydrogen-bond acceptors (Lipinski definition) is 7. The van der Waals surface area contributed by atoms with Crippen molar-refractivity contribution in [2.75, 3.05) is 6.54 Å². The van der Waals surface area contributed by atoms with E-state index < -0.39 is 0 Å². The first kappa shape index (κ1) is 12.7. The highest BCUT2D eigenvalue weighted by Gasteiger charge is 2.17. The Hall–Kier alpha value is -1.80. The Morgan fingerprint density at radius 2 is 2.39 bits per heavy atom. The van der Waals surface area contributed by atoms with Gasteiger partial charge in [0.15, 0.2) is 0 Å². The minimum Gasteiger partial charge on any atom is -0.349 e. The van der Waals surface area contributed by atoms with Gasteiger partial charge in [0, 0.05) is 11.9 Å². The van der Waals surface area contributed by atoms with Gasteiger partial charge < -0.3 is 15.6 Å². The maximum absolute atomic E-state index is 11.5. The predicted octanol–water partition coefficient (Wildman–Crippen LogP) is 0.962. The molecule has 0 aliphatic carbocycles. The van der Waals surface area contributed by atoms with E-state index in [0.717, 1.165) is 5.01 Å². The lowest BCUT2D eigenvalue weighted by Crippen LogP contribution is -2.23. The number of amides is 1. The van der Waals surface area contributed by atoms with Gasteiger partial charge in [-0.2, -0.15) is 4.98 Å². The number of hydrogen-bond donors (Lipinski definition) is 2. The molecule has 0 saturated carbocycles. The molecule has 0 radical (unpaired) electrons. The van der Waals surface area contributed by atoms with Gasteiger partial charge in [-0.1, -0.05) is 5.16 Å². The summed E-state index contributed by atoms with van der Waals surface area (Å²) in [4.78, 5) is 19.7. The van der Waals surface area contributed by atoms with Crippen LogP contribution in [0.5, 0.6) is 0 Å². The second-order valence-corrected chi connectivity index (χ2v) is 4.53. The highest BCUT2D eigenvalue weighted by atomic mass is 32.1. The summed E-state index contributed by atoms with van der Waals surface area (Å²) in [5.41, 5.74) is 6.25. The summed E-state index contributed by atoms with van der Waals surface area (Å²) in [6, 6.07) is -0.144. The molecule has 7 nitrogen and oxygen atoms in total. The van der Waals surface area contributed by atoms with Crippen LogP contribution in [0.1, 0.15) is 35.5 Å². The van der Waals surface area contributed by atoms with Gasteiger partial charge in [0.25, 0.3) is 17.6 Å². The van der Waals surface area contributed by atoms with Gasteiger partial charge in [-0.15, -0.1) is 11.3 Å². The van der Waals surface area contributed by atoms with Crippen molar-refractivity contribution in [3.8, 4) is 11.6 Å². The van der Waals surface area contributed by atoms with Crippen molar-refractivity contribution in [2.24, 2.45) is 5.73 Å². The van der Waals surface area contributed by atoms with Crippen molar-refractivity contribution < 1.29 is 9.32 Å². The van der Waals surface area contributed by atoms with E-state index in [0.29, 0.717) is 12.2 Å². The lowest BCUT2D eigenvalue weighted by atomic mass is 10.4. The molecule has 2 aromatic heterocycles. The first-order valence-corrected chi connectivity index (χ1v) is 6.33. The molecular weight excluding hydrogens is 254 g/mol. The standard InChI is InChI=1S/C10H13N5O2S/c1-3-12-8(16)7-14-9(17-15-7)6-4-18-10(13-6)5(2)11/h4-5H,3,11H2,1-2H3,(H,12,16). The number of nitrogens with two attached hydrogens (primary N) is 1. The van der Waals surface area contributed by atoms with E-state index in [1.807, 2.05) is 13.8 Å². The lowest BCUT2D eigenvalue weighted by Gasteiger charge is -1.95. The SMILES string of the molecule is CCNC(=O)c1noc(-c2csc(C(C)N)n2)n1. The average molecular weight is 267 g/mol. The van der Waals surface area contributed by atoms with Gasteiger partial charge in [0.05, 0.1) is 6.04 Å². The van der Waals surface area contributed by atoms with Gasteiger partial charge in [-0.05, 0) is 13.8 Å². The molecule has 2 heterocycles. The van der Waals surface area contributed by atoms with Crippen LogP contribution in [0.4, 0.5) is 0 Å². The Bertz CT molecular complexity index is 548. The Morgan fingerprint density at radius 1 is 1.61 bits per heavy atom.